The number of aromatic amines is 1. The van der Waals surface area contributed by atoms with Crippen molar-refractivity contribution in [2.24, 2.45) is 0 Å². The van der Waals surface area contributed by atoms with Crippen LogP contribution < -0.4 is 0 Å². The smallest absolute Gasteiger partial charge is 0.263 e. The lowest BCUT2D eigenvalue weighted by Crippen LogP contribution is -2.17. The summed E-state index contributed by atoms with van der Waals surface area (Å²) in [5.41, 5.74) is 3.42. The zero-order valence-electron chi connectivity index (χ0n) is 14.0. The molecule has 132 valence electrons. The molecular weight excluding hydrogens is 342 g/mol. The number of fused-ring (bicyclic) bond motifs is 1. The van der Waals surface area contributed by atoms with E-state index in [4.69, 9.17) is 0 Å². The van der Waals surface area contributed by atoms with Gasteiger partial charge in [0.25, 0.3) is 6.43 Å². The molecule has 3 rings (SSSR count). The van der Waals surface area contributed by atoms with Gasteiger partial charge in [-0.25, -0.2) is 8.78 Å². The summed E-state index contributed by atoms with van der Waals surface area (Å²) in [5.74, 6) is 0. The highest BCUT2D eigenvalue weighted by molar-refractivity contribution is 5.85. The summed E-state index contributed by atoms with van der Waals surface area (Å²) >= 11 is 0. The van der Waals surface area contributed by atoms with Gasteiger partial charge in [0.1, 0.15) is 0 Å². The first-order valence-corrected chi connectivity index (χ1v) is 7.91. The molecule has 25 heavy (non-hydrogen) atoms. The minimum atomic E-state index is -2.41. The molecule has 1 aromatic heterocycles. The first kappa shape index (κ1) is 19.2. The summed E-state index contributed by atoms with van der Waals surface area (Å²) in [6.45, 7) is 1.63. The summed E-state index contributed by atoms with van der Waals surface area (Å²) in [7, 11) is 2.06. The minimum Gasteiger partial charge on any atom is -0.361 e. The standard InChI is InChI=1S/C20H20F2N2.ClH/c1-24(14-18-6-2-5-16-11-12-23-19(16)18)13-3-4-15-7-9-17(10-8-15)20(21)22;/h2-12,20,23H,13-14H2,1H3;1H/b4-3+;. The van der Waals surface area contributed by atoms with Crippen molar-refractivity contribution in [3.63, 3.8) is 0 Å². The largest absolute Gasteiger partial charge is 0.361 e. The van der Waals surface area contributed by atoms with Gasteiger partial charge in [0.15, 0.2) is 0 Å². The Morgan fingerprint density at radius 3 is 2.56 bits per heavy atom. The average molecular weight is 363 g/mol. The number of rotatable bonds is 6. The molecule has 0 aliphatic heterocycles. The van der Waals surface area contributed by atoms with Gasteiger partial charge in [-0.05, 0) is 29.6 Å². The fourth-order valence-corrected chi connectivity index (χ4v) is 2.76. The summed E-state index contributed by atoms with van der Waals surface area (Å²) in [6.07, 6.45) is 3.55. The van der Waals surface area contributed by atoms with E-state index in [-0.39, 0.29) is 18.0 Å². The Morgan fingerprint density at radius 1 is 1.08 bits per heavy atom. The summed E-state index contributed by atoms with van der Waals surface area (Å²) in [6, 6.07) is 14.7. The molecular formula is C20H21ClF2N2. The highest BCUT2D eigenvalue weighted by Crippen LogP contribution is 2.20. The number of hydrogen-bond donors (Lipinski definition) is 1. The van der Waals surface area contributed by atoms with Crippen molar-refractivity contribution >= 4 is 29.4 Å². The second-order valence-corrected chi connectivity index (χ2v) is 5.93. The molecule has 0 aliphatic carbocycles. The van der Waals surface area contributed by atoms with Crippen LogP contribution in [0.1, 0.15) is 23.1 Å². The molecule has 0 fully saturated rings. The third-order valence-corrected chi connectivity index (χ3v) is 4.03. The minimum absolute atomic E-state index is 0. The molecule has 1 N–H and O–H groups in total. The molecule has 0 atom stereocenters. The Morgan fingerprint density at radius 2 is 1.84 bits per heavy atom. The van der Waals surface area contributed by atoms with Gasteiger partial charge in [-0.15, -0.1) is 12.4 Å². The summed E-state index contributed by atoms with van der Waals surface area (Å²) < 4.78 is 25.0. The number of hydrogen-bond acceptors (Lipinski definition) is 1. The van der Waals surface area contributed by atoms with Gasteiger partial charge in [0.2, 0.25) is 0 Å². The number of halogens is 3. The molecule has 2 nitrogen and oxygen atoms in total. The van der Waals surface area contributed by atoms with Crippen LogP contribution in [0.2, 0.25) is 0 Å². The maximum Gasteiger partial charge on any atom is 0.263 e. The molecule has 0 bridgehead atoms. The van der Waals surface area contributed by atoms with Gasteiger partial charge in [0, 0.05) is 30.4 Å². The molecule has 0 amide bonds. The van der Waals surface area contributed by atoms with Crippen LogP contribution in [0.3, 0.4) is 0 Å². The summed E-state index contributed by atoms with van der Waals surface area (Å²) in [5, 5.41) is 1.22. The van der Waals surface area contributed by atoms with Crippen LogP contribution >= 0.6 is 12.4 Å². The quantitative estimate of drug-likeness (QED) is 0.598. The Bertz CT molecular complexity index is 825. The Labute approximate surface area is 152 Å². The lowest BCUT2D eigenvalue weighted by atomic mass is 10.1. The van der Waals surface area contributed by atoms with E-state index >= 15 is 0 Å². The highest BCUT2D eigenvalue weighted by Gasteiger charge is 2.05. The first-order chi connectivity index (χ1) is 11.6. The van der Waals surface area contributed by atoms with Gasteiger partial charge >= 0.3 is 0 Å². The number of aromatic nitrogens is 1. The number of nitrogens with one attached hydrogen (secondary N) is 1. The van der Waals surface area contributed by atoms with E-state index in [1.165, 1.54) is 28.6 Å². The molecule has 0 aliphatic rings. The van der Waals surface area contributed by atoms with Crippen molar-refractivity contribution in [3.05, 3.63) is 77.5 Å². The number of alkyl halides is 2. The Kier molecular flexibility index (Phi) is 6.73. The number of para-hydroxylation sites is 1. The van der Waals surface area contributed by atoms with Crippen molar-refractivity contribution < 1.29 is 8.78 Å². The van der Waals surface area contributed by atoms with Crippen LogP contribution in [0.15, 0.2) is 60.8 Å². The molecule has 2 aromatic carbocycles. The molecule has 0 unspecified atom stereocenters. The summed E-state index contributed by atoms with van der Waals surface area (Å²) in [4.78, 5) is 5.49. The lowest BCUT2D eigenvalue weighted by molar-refractivity contribution is 0.151. The van der Waals surface area contributed by atoms with E-state index < -0.39 is 6.43 Å². The normalized spacial score (nSPS) is 11.6. The molecule has 0 saturated heterocycles. The Balaban J connectivity index is 0.00000225. The fraction of sp³-hybridized carbons (Fsp3) is 0.200. The van der Waals surface area contributed by atoms with E-state index in [0.29, 0.717) is 0 Å². The number of H-pyrrole nitrogens is 1. The van der Waals surface area contributed by atoms with Crippen molar-refractivity contribution in [2.75, 3.05) is 13.6 Å². The van der Waals surface area contributed by atoms with Gasteiger partial charge < -0.3 is 4.98 Å². The lowest BCUT2D eigenvalue weighted by Gasteiger charge is -2.15. The highest BCUT2D eigenvalue weighted by atomic mass is 35.5. The van der Waals surface area contributed by atoms with Crippen LogP contribution in [0, 0.1) is 0 Å². The first-order valence-electron chi connectivity index (χ1n) is 7.91. The van der Waals surface area contributed by atoms with E-state index in [1.54, 1.807) is 12.1 Å². The molecule has 0 radical (unpaired) electrons. The zero-order valence-corrected chi connectivity index (χ0v) is 14.8. The topological polar surface area (TPSA) is 19.0 Å². The second-order valence-electron chi connectivity index (χ2n) is 5.93. The van der Waals surface area contributed by atoms with Crippen LogP contribution in [0.4, 0.5) is 8.78 Å². The molecule has 1 heterocycles. The van der Waals surface area contributed by atoms with Crippen LogP contribution in [-0.2, 0) is 6.54 Å². The molecule has 3 aromatic rings. The third-order valence-electron chi connectivity index (χ3n) is 4.03. The van der Waals surface area contributed by atoms with Gasteiger partial charge in [-0.3, -0.25) is 4.90 Å². The maximum atomic E-state index is 12.5. The van der Waals surface area contributed by atoms with Crippen molar-refractivity contribution in [3.8, 4) is 0 Å². The van der Waals surface area contributed by atoms with E-state index in [1.807, 2.05) is 18.3 Å². The van der Waals surface area contributed by atoms with E-state index in [9.17, 15) is 8.78 Å². The second kappa shape index (κ2) is 8.79. The van der Waals surface area contributed by atoms with Crippen LogP contribution in [-0.4, -0.2) is 23.5 Å². The van der Waals surface area contributed by atoms with Gasteiger partial charge in [-0.1, -0.05) is 54.6 Å². The monoisotopic (exact) mass is 362 g/mol. The average Bonchev–Trinajstić information content (AvgIpc) is 3.05. The predicted molar refractivity (Wildman–Crippen MR) is 102 cm³/mol. The molecule has 0 saturated carbocycles. The predicted octanol–water partition coefficient (Wildman–Crippen LogP) is 5.67. The number of nitrogens with zero attached hydrogens (tertiary/aromatic N) is 1. The zero-order chi connectivity index (χ0) is 16.9. The van der Waals surface area contributed by atoms with Gasteiger partial charge in [0.05, 0.1) is 0 Å². The van der Waals surface area contributed by atoms with E-state index in [2.05, 4.69) is 41.2 Å². The third kappa shape index (κ3) is 4.91. The van der Waals surface area contributed by atoms with Crippen molar-refractivity contribution in [1.82, 2.24) is 9.88 Å². The van der Waals surface area contributed by atoms with Crippen molar-refractivity contribution in [1.29, 1.82) is 0 Å². The number of likely N-dealkylation sites (N-methyl/N-ethyl adjacent to an activating group) is 1. The maximum absolute atomic E-state index is 12.5. The molecule has 5 heteroatoms. The van der Waals surface area contributed by atoms with Crippen LogP contribution in [0.5, 0.6) is 0 Å². The molecule has 0 spiro atoms. The SMILES string of the molecule is CN(C/C=C/c1ccc(C(F)F)cc1)Cc1cccc2cc[nH]c12.Cl. The number of benzene rings is 2. The Hall–Kier alpha value is -2.17. The van der Waals surface area contributed by atoms with Crippen LogP contribution in [0.25, 0.3) is 17.0 Å². The van der Waals surface area contributed by atoms with Crippen molar-refractivity contribution in [2.45, 2.75) is 13.0 Å². The fourth-order valence-electron chi connectivity index (χ4n) is 2.76. The van der Waals surface area contributed by atoms with E-state index in [0.717, 1.165) is 18.7 Å². The van der Waals surface area contributed by atoms with Gasteiger partial charge in [-0.2, -0.15) is 0 Å².